The molecule has 2 atom stereocenters. The van der Waals surface area contributed by atoms with Crippen molar-refractivity contribution in [2.75, 3.05) is 33.4 Å². The number of rotatable bonds is 11. The molecule has 0 aliphatic carbocycles. The van der Waals surface area contributed by atoms with Crippen LogP contribution >= 0.6 is 0 Å². The lowest BCUT2D eigenvalue weighted by atomic mass is 9.99. The first-order chi connectivity index (χ1) is 8.91. The van der Waals surface area contributed by atoms with Gasteiger partial charge in [0.25, 0.3) is 0 Å². The van der Waals surface area contributed by atoms with Crippen molar-refractivity contribution in [3.63, 3.8) is 0 Å². The van der Waals surface area contributed by atoms with Crippen LogP contribution in [0.15, 0.2) is 0 Å². The Morgan fingerprint density at radius 1 is 1.47 bits per heavy atom. The second-order valence-corrected chi connectivity index (χ2v) is 5.34. The number of nitrogens with one attached hydrogen (secondary N) is 1. The highest BCUT2D eigenvalue weighted by molar-refractivity contribution is 5.84. The van der Waals surface area contributed by atoms with Crippen LogP contribution in [0.25, 0.3) is 0 Å². The molecular formula is C14H31N3O2. The maximum absolute atomic E-state index is 11.7. The predicted molar refractivity (Wildman–Crippen MR) is 79.1 cm³/mol. The highest BCUT2D eigenvalue weighted by Crippen LogP contribution is 2.11. The Morgan fingerprint density at radius 3 is 2.53 bits per heavy atom. The molecule has 5 nitrogen and oxygen atoms in total. The smallest absolute Gasteiger partial charge is 0.238 e. The second-order valence-electron chi connectivity index (χ2n) is 5.34. The van der Waals surface area contributed by atoms with E-state index in [4.69, 9.17) is 10.5 Å². The van der Waals surface area contributed by atoms with E-state index in [-0.39, 0.29) is 5.91 Å². The van der Waals surface area contributed by atoms with Crippen LogP contribution in [0.5, 0.6) is 0 Å². The normalized spacial score (nSPS) is 16.3. The summed E-state index contributed by atoms with van der Waals surface area (Å²) in [5, 5.41) is 3.27. The first-order valence-electron chi connectivity index (χ1n) is 7.19. The largest absolute Gasteiger partial charge is 0.383 e. The van der Waals surface area contributed by atoms with Gasteiger partial charge in [-0.1, -0.05) is 13.8 Å². The van der Waals surface area contributed by atoms with Crippen molar-refractivity contribution in [2.45, 2.75) is 52.1 Å². The van der Waals surface area contributed by atoms with Crippen molar-refractivity contribution < 1.29 is 9.53 Å². The van der Waals surface area contributed by atoms with E-state index in [1.165, 1.54) is 0 Å². The maximum Gasteiger partial charge on any atom is 0.238 e. The highest BCUT2D eigenvalue weighted by atomic mass is 16.5. The molecule has 0 aliphatic rings. The van der Waals surface area contributed by atoms with E-state index in [0.717, 1.165) is 25.9 Å². The van der Waals surface area contributed by atoms with E-state index >= 15 is 0 Å². The molecule has 0 spiro atoms. The molecule has 2 unspecified atom stereocenters. The van der Waals surface area contributed by atoms with Crippen LogP contribution in [0.4, 0.5) is 0 Å². The molecule has 0 bridgehead atoms. The Kier molecular flexibility index (Phi) is 8.97. The molecular weight excluding hydrogens is 242 g/mol. The average molecular weight is 273 g/mol. The molecule has 0 heterocycles. The minimum absolute atomic E-state index is 0.299. The van der Waals surface area contributed by atoms with Gasteiger partial charge in [-0.05, 0) is 33.2 Å². The number of amides is 1. The van der Waals surface area contributed by atoms with Crippen LogP contribution in [0.3, 0.4) is 0 Å². The van der Waals surface area contributed by atoms with E-state index in [2.05, 4.69) is 31.0 Å². The number of hydrogen-bond acceptors (Lipinski definition) is 4. The fraction of sp³-hybridized carbons (Fsp3) is 0.929. The van der Waals surface area contributed by atoms with Crippen LogP contribution in [-0.2, 0) is 9.53 Å². The summed E-state index contributed by atoms with van der Waals surface area (Å²) in [5.74, 6) is -0.299. The summed E-state index contributed by atoms with van der Waals surface area (Å²) in [4.78, 5) is 14.0. The molecule has 3 N–H and O–H groups in total. The molecule has 1 amide bonds. The number of hydrogen-bond donors (Lipinski definition) is 2. The van der Waals surface area contributed by atoms with Crippen molar-refractivity contribution in [3.8, 4) is 0 Å². The van der Waals surface area contributed by atoms with Gasteiger partial charge in [0, 0.05) is 26.2 Å². The van der Waals surface area contributed by atoms with Crippen LogP contribution in [0.2, 0.25) is 0 Å². The zero-order chi connectivity index (χ0) is 14.9. The molecule has 19 heavy (non-hydrogen) atoms. The summed E-state index contributed by atoms with van der Waals surface area (Å²) in [5.41, 5.74) is 4.88. The van der Waals surface area contributed by atoms with Gasteiger partial charge >= 0.3 is 0 Å². The lowest BCUT2D eigenvalue weighted by Crippen LogP contribution is -2.61. The number of methoxy groups -OCH3 is 1. The van der Waals surface area contributed by atoms with Crippen LogP contribution in [-0.4, -0.2) is 55.7 Å². The number of nitrogens with zero attached hydrogens (tertiary/aromatic N) is 1. The zero-order valence-electron chi connectivity index (χ0n) is 13.2. The van der Waals surface area contributed by atoms with Gasteiger partial charge in [0.15, 0.2) is 0 Å². The van der Waals surface area contributed by atoms with E-state index in [9.17, 15) is 4.79 Å². The van der Waals surface area contributed by atoms with Gasteiger partial charge in [-0.3, -0.25) is 9.69 Å². The Morgan fingerprint density at radius 2 is 2.11 bits per heavy atom. The van der Waals surface area contributed by atoms with Crippen molar-refractivity contribution in [3.05, 3.63) is 0 Å². The Balaban J connectivity index is 4.76. The molecule has 0 aliphatic heterocycles. The van der Waals surface area contributed by atoms with Crippen LogP contribution in [0.1, 0.15) is 40.5 Å². The minimum Gasteiger partial charge on any atom is -0.383 e. The van der Waals surface area contributed by atoms with Gasteiger partial charge < -0.3 is 15.8 Å². The average Bonchev–Trinajstić information content (AvgIpc) is 2.40. The Bertz CT molecular complexity index is 261. The topological polar surface area (TPSA) is 67.6 Å². The monoisotopic (exact) mass is 273 g/mol. The molecule has 0 aromatic heterocycles. The molecule has 0 saturated carbocycles. The van der Waals surface area contributed by atoms with Gasteiger partial charge in [-0.25, -0.2) is 0 Å². The Labute approximate surface area is 117 Å². The molecule has 0 aromatic rings. The Hall–Kier alpha value is -0.650. The van der Waals surface area contributed by atoms with Crippen molar-refractivity contribution in [1.82, 2.24) is 10.2 Å². The summed E-state index contributed by atoms with van der Waals surface area (Å²) < 4.78 is 5.14. The number of carbonyl (C=O) groups excluding carboxylic acids is 1. The van der Waals surface area contributed by atoms with Gasteiger partial charge in [-0.15, -0.1) is 0 Å². The van der Waals surface area contributed by atoms with Gasteiger partial charge in [0.1, 0.15) is 5.54 Å². The molecule has 0 fully saturated rings. The third-order valence-electron chi connectivity index (χ3n) is 3.63. The molecule has 0 saturated heterocycles. The van der Waals surface area contributed by atoms with E-state index in [0.29, 0.717) is 19.2 Å². The van der Waals surface area contributed by atoms with E-state index in [1.54, 1.807) is 7.11 Å². The summed E-state index contributed by atoms with van der Waals surface area (Å²) in [6.07, 6.45) is 2.01. The summed E-state index contributed by atoms with van der Waals surface area (Å²) in [7, 11) is 1.69. The lowest BCUT2D eigenvalue weighted by molar-refractivity contribution is -0.125. The van der Waals surface area contributed by atoms with Gasteiger partial charge in [0.05, 0.1) is 6.61 Å². The molecule has 0 aromatic carbocycles. The van der Waals surface area contributed by atoms with Gasteiger partial charge in [-0.2, -0.15) is 0 Å². The summed E-state index contributed by atoms with van der Waals surface area (Å²) in [6, 6.07) is 0.400. The third-order valence-corrected chi connectivity index (χ3v) is 3.63. The number of nitrogens with two attached hydrogens (primary N) is 1. The highest BCUT2D eigenvalue weighted by Gasteiger charge is 2.33. The van der Waals surface area contributed by atoms with Crippen molar-refractivity contribution in [1.29, 1.82) is 0 Å². The zero-order valence-corrected chi connectivity index (χ0v) is 13.2. The first-order valence-corrected chi connectivity index (χ1v) is 7.19. The molecule has 0 radical (unpaired) electrons. The molecule has 0 rings (SSSR count). The predicted octanol–water partition coefficient (Wildman–Crippen LogP) is 0.977. The maximum atomic E-state index is 11.7. The molecule has 5 heteroatoms. The van der Waals surface area contributed by atoms with Gasteiger partial charge in [0.2, 0.25) is 5.91 Å². The summed E-state index contributed by atoms with van der Waals surface area (Å²) in [6.45, 7) is 11.1. The summed E-state index contributed by atoms with van der Waals surface area (Å²) >= 11 is 0. The number of carbonyl (C=O) groups is 1. The fourth-order valence-electron chi connectivity index (χ4n) is 1.95. The second kappa shape index (κ2) is 9.28. The third kappa shape index (κ3) is 6.36. The number of primary amides is 1. The molecule has 114 valence electrons. The first kappa shape index (κ1) is 18.4. The quantitative estimate of drug-likeness (QED) is 0.589. The van der Waals surface area contributed by atoms with Crippen molar-refractivity contribution in [2.24, 2.45) is 5.73 Å². The standard InChI is InChI=1S/C14H31N3O2/c1-6-8-16-14(4,13(15)18)11-17(9-10-19-5)12(3)7-2/h12,16H,6-11H2,1-5H3,(H2,15,18). The SMILES string of the molecule is CCCNC(C)(CN(CCOC)C(C)CC)C(N)=O. The number of ether oxygens (including phenoxy) is 1. The minimum atomic E-state index is -0.687. The fourth-order valence-corrected chi connectivity index (χ4v) is 1.95. The van der Waals surface area contributed by atoms with E-state index in [1.807, 2.05) is 6.92 Å². The van der Waals surface area contributed by atoms with Crippen LogP contribution in [0, 0.1) is 0 Å². The van der Waals surface area contributed by atoms with Crippen LogP contribution < -0.4 is 11.1 Å². The van der Waals surface area contributed by atoms with Crippen molar-refractivity contribution >= 4 is 5.91 Å². The lowest BCUT2D eigenvalue weighted by Gasteiger charge is -2.37. The van der Waals surface area contributed by atoms with E-state index < -0.39 is 5.54 Å².